The molecule has 1 rings (SSSR count). The molecule has 5 heteroatoms. The molecule has 1 N–H and O–H groups in total. The lowest BCUT2D eigenvalue weighted by molar-refractivity contribution is -0.287. The Morgan fingerprint density at radius 3 is 2.10 bits per heavy atom. The second-order valence-corrected chi connectivity index (χ2v) is 9.69. The monoisotopic (exact) mass is 426 g/mol. The highest BCUT2D eigenvalue weighted by Gasteiger charge is 2.44. The predicted molar refractivity (Wildman–Crippen MR) is 127 cm³/mol. The highest BCUT2D eigenvalue weighted by atomic mass is 16.7. The molecule has 1 heterocycles. The molecule has 178 valence electrons. The summed E-state index contributed by atoms with van der Waals surface area (Å²) in [7, 11) is 0. The molecular formula is C25H50N2O3. The average Bonchev–Trinajstić information content (AvgIpc) is 2.66. The van der Waals surface area contributed by atoms with Gasteiger partial charge in [-0.1, -0.05) is 46.0 Å². The van der Waals surface area contributed by atoms with Gasteiger partial charge in [0.25, 0.3) is 0 Å². The highest BCUT2D eigenvalue weighted by molar-refractivity contribution is 5.78. The Bertz CT molecular complexity index is 463. The van der Waals surface area contributed by atoms with Crippen LogP contribution in [0.4, 0.5) is 0 Å². The van der Waals surface area contributed by atoms with Gasteiger partial charge in [-0.3, -0.25) is 0 Å². The Hall–Kier alpha value is -0.650. The van der Waals surface area contributed by atoms with E-state index in [0.29, 0.717) is 11.8 Å². The molecule has 0 aromatic carbocycles. The van der Waals surface area contributed by atoms with Crippen LogP contribution in [0.5, 0.6) is 0 Å². The number of hydrogen-bond donors (Lipinski definition) is 1. The summed E-state index contributed by atoms with van der Waals surface area (Å²) in [4.78, 5) is 0. The Balaban J connectivity index is 2.46. The summed E-state index contributed by atoms with van der Waals surface area (Å²) in [5.41, 5.74) is 4.22. The summed E-state index contributed by atoms with van der Waals surface area (Å²) in [6, 6.07) is 0. The van der Waals surface area contributed by atoms with Gasteiger partial charge in [0.05, 0.1) is 24.4 Å². The van der Waals surface area contributed by atoms with E-state index >= 15 is 0 Å². The molecule has 5 atom stereocenters. The third kappa shape index (κ3) is 10.6. The third-order valence-electron chi connectivity index (χ3n) is 5.82. The van der Waals surface area contributed by atoms with Gasteiger partial charge in [-0.25, -0.2) is 0 Å². The van der Waals surface area contributed by atoms with Crippen molar-refractivity contribution in [1.29, 1.82) is 0 Å². The number of nitrogens with one attached hydrogen (secondary N) is 1. The van der Waals surface area contributed by atoms with Crippen molar-refractivity contribution in [2.24, 2.45) is 16.9 Å². The fourth-order valence-electron chi connectivity index (χ4n) is 4.34. The molecule has 1 fully saturated rings. The summed E-state index contributed by atoms with van der Waals surface area (Å²) < 4.78 is 18.9. The van der Waals surface area contributed by atoms with Crippen molar-refractivity contribution >= 4 is 5.71 Å². The molecule has 1 aliphatic rings. The maximum absolute atomic E-state index is 6.38. The van der Waals surface area contributed by atoms with E-state index in [-0.39, 0.29) is 30.7 Å². The van der Waals surface area contributed by atoms with Crippen LogP contribution in [0.25, 0.3) is 0 Å². The second-order valence-electron chi connectivity index (χ2n) is 9.69. The van der Waals surface area contributed by atoms with E-state index in [1.165, 1.54) is 44.9 Å². The first-order chi connectivity index (χ1) is 14.3. The normalized spacial score (nSPS) is 26.9. The molecule has 0 amide bonds. The molecule has 30 heavy (non-hydrogen) atoms. The minimum absolute atomic E-state index is 0.117. The lowest BCUT2D eigenvalue weighted by Gasteiger charge is -2.46. The largest absolute Gasteiger partial charge is 0.373 e. The molecule has 1 saturated heterocycles. The summed E-state index contributed by atoms with van der Waals surface area (Å²) in [6.07, 6.45) is 10.4. The van der Waals surface area contributed by atoms with Crippen molar-refractivity contribution in [2.45, 2.75) is 137 Å². The summed E-state index contributed by atoms with van der Waals surface area (Å²) >= 11 is 0. The summed E-state index contributed by atoms with van der Waals surface area (Å²) in [6.45, 7) is 17.9. The van der Waals surface area contributed by atoms with Crippen molar-refractivity contribution in [1.82, 2.24) is 5.43 Å². The fraction of sp³-hybridized carbons (Fsp3) is 0.960. The molecule has 0 aliphatic carbocycles. The SMILES string of the molecule is CCC1O[C@H](OC(C)C)C(C)C(CCCCCCCCNN=C(C)C)[C@@H]1OC(C)C. The quantitative estimate of drug-likeness (QED) is 0.189. The third-order valence-corrected chi connectivity index (χ3v) is 5.82. The number of hydrogen-bond acceptors (Lipinski definition) is 5. The lowest BCUT2D eigenvalue weighted by atomic mass is 9.79. The lowest BCUT2D eigenvalue weighted by Crippen LogP contribution is -2.53. The Labute approximate surface area is 186 Å². The van der Waals surface area contributed by atoms with E-state index in [1.54, 1.807) is 0 Å². The van der Waals surface area contributed by atoms with E-state index < -0.39 is 0 Å². The smallest absolute Gasteiger partial charge is 0.161 e. The standard InChI is InChI=1S/C25H50N2O3/c1-9-23-24(28-19(4)5)22(21(8)25(30-23)29-20(6)7)16-14-12-10-11-13-15-17-26-27-18(2)3/h19-26H,9-17H2,1-8H3/t21?,22?,23?,24-,25-/m0/s1. The molecule has 3 unspecified atom stereocenters. The number of ether oxygens (including phenoxy) is 3. The van der Waals surface area contributed by atoms with Gasteiger partial charge in [0.1, 0.15) is 0 Å². The molecule has 0 radical (unpaired) electrons. The van der Waals surface area contributed by atoms with Gasteiger partial charge in [0.15, 0.2) is 6.29 Å². The van der Waals surface area contributed by atoms with Gasteiger partial charge in [0, 0.05) is 18.2 Å². The molecule has 0 saturated carbocycles. The molecule has 0 bridgehead atoms. The summed E-state index contributed by atoms with van der Waals surface area (Å²) in [5.74, 6) is 0.849. The molecule has 1 aliphatic heterocycles. The van der Waals surface area contributed by atoms with Crippen LogP contribution in [-0.4, -0.2) is 43.0 Å². The van der Waals surface area contributed by atoms with Crippen LogP contribution in [0.3, 0.4) is 0 Å². The molecule has 0 spiro atoms. The topological polar surface area (TPSA) is 52.1 Å². The Kier molecular flexibility index (Phi) is 13.9. The van der Waals surface area contributed by atoms with Gasteiger partial charge < -0.3 is 19.6 Å². The minimum Gasteiger partial charge on any atom is -0.373 e. The predicted octanol–water partition coefficient (Wildman–Crippen LogP) is 6.31. The second kappa shape index (κ2) is 15.2. The van der Waals surface area contributed by atoms with Crippen LogP contribution < -0.4 is 5.43 Å². The van der Waals surface area contributed by atoms with E-state index in [9.17, 15) is 0 Å². The Morgan fingerprint density at radius 1 is 0.933 bits per heavy atom. The van der Waals surface area contributed by atoms with E-state index in [0.717, 1.165) is 18.7 Å². The van der Waals surface area contributed by atoms with Crippen molar-refractivity contribution < 1.29 is 14.2 Å². The number of rotatable bonds is 15. The minimum atomic E-state index is -0.117. The van der Waals surface area contributed by atoms with E-state index in [4.69, 9.17) is 14.2 Å². The highest BCUT2D eigenvalue weighted by Crippen LogP contribution is 2.38. The van der Waals surface area contributed by atoms with Gasteiger partial charge in [-0.05, 0) is 66.7 Å². The van der Waals surface area contributed by atoms with Gasteiger partial charge >= 0.3 is 0 Å². The average molecular weight is 427 g/mol. The maximum Gasteiger partial charge on any atom is 0.161 e. The van der Waals surface area contributed by atoms with Crippen LogP contribution in [0, 0.1) is 11.8 Å². The van der Waals surface area contributed by atoms with Crippen molar-refractivity contribution in [3.8, 4) is 0 Å². The van der Waals surface area contributed by atoms with Crippen molar-refractivity contribution in [3.05, 3.63) is 0 Å². The van der Waals surface area contributed by atoms with Gasteiger partial charge in [-0.15, -0.1) is 0 Å². The molecule has 5 nitrogen and oxygen atoms in total. The summed E-state index contributed by atoms with van der Waals surface area (Å²) in [5, 5.41) is 4.23. The number of hydrazone groups is 1. The van der Waals surface area contributed by atoms with Crippen LogP contribution >= 0.6 is 0 Å². The van der Waals surface area contributed by atoms with Crippen molar-refractivity contribution in [3.63, 3.8) is 0 Å². The maximum atomic E-state index is 6.38. The zero-order valence-electron chi connectivity index (χ0n) is 21.1. The zero-order chi connectivity index (χ0) is 22.5. The molecule has 0 aromatic rings. The molecular weight excluding hydrogens is 376 g/mol. The van der Waals surface area contributed by atoms with Crippen LogP contribution in [0.2, 0.25) is 0 Å². The van der Waals surface area contributed by atoms with E-state index in [2.05, 4.69) is 52.1 Å². The number of nitrogens with zero attached hydrogens (tertiary/aromatic N) is 1. The van der Waals surface area contributed by atoms with Crippen LogP contribution in [0.15, 0.2) is 5.10 Å². The first-order valence-corrected chi connectivity index (χ1v) is 12.5. The van der Waals surface area contributed by atoms with Crippen molar-refractivity contribution in [2.75, 3.05) is 6.54 Å². The molecule has 0 aromatic heterocycles. The Morgan fingerprint density at radius 2 is 1.53 bits per heavy atom. The number of unbranched alkanes of at least 4 members (excludes halogenated alkanes) is 5. The first-order valence-electron chi connectivity index (χ1n) is 12.5. The van der Waals surface area contributed by atoms with Crippen LogP contribution in [0.1, 0.15) is 107 Å². The van der Waals surface area contributed by atoms with Gasteiger partial charge in [-0.2, -0.15) is 5.10 Å². The first kappa shape index (κ1) is 27.4. The zero-order valence-corrected chi connectivity index (χ0v) is 21.1. The van der Waals surface area contributed by atoms with E-state index in [1.807, 2.05) is 13.8 Å². The van der Waals surface area contributed by atoms with Crippen LogP contribution in [-0.2, 0) is 14.2 Å². The fourth-order valence-corrected chi connectivity index (χ4v) is 4.34. The van der Waals surface area contributed by atoms with Gasteiger partial charge in [0.2, 0.25) is 0 Å².